The SMILES string of the molecule is COC(CNC(=O)c1ccc2c(c1)NC(=O)C(=Cc1ccccc1)S2)OC. The maximum Gasteiger partial charge on any atom is 0.262 e. The fourth-order valence-electron chi connectivity index (χ4n) is 2.54. The summed E-state index contributed by atoms with van der Waals surface area (Å²) in [6.45, 7) is 0.230. The van der Waals surface area contributed by atoms with Crippen LogP contribution in [0.1, 0.15) is 15.9 Å². The van der Waals surface area contributed by atoms with Crippen molar-refractivity contribution < 1.29 is 19.1 Å². The van der Waals surface area contributed by atoms with Gasteiger partial charge in [-0.15, -0.1) is 0 Å². The lowest BCUT2D eigenvalue weighted by Crippen LogP contribution is -2.34. The second-order valence-corrected chi connectivity index (χ2v) is 6.88. The summed E-state index contributed by atoms with van der Waals surface area (Å²) in [7, 11) is 3.01. The van der Waals surface area contributed by atoms with E-state index in [1.807, 2.05) is 42.5 Å². The van der Waals surface area contributed by atoms with Gasteiger partial charge in [-0.25, -0.2) is 0 Å². The van der Waals surface area contributed by atoms with Crippen molar-refractivity contribution in [3.63, 3.8) is 0 Å². The standard InChI is InChI=1S/C20H20N2O4S/c1-25-18(26-2)12-21-19(23)14-8-9-16-15(11-14)22-20(24)17(27-16)10-13-6-4-3-5-7-13/h3-11,18H,12H2,1-2H3,(H,21,23)(H,22,24). The van der Waals surface area contributed by atoms with Crippen molar-refractivity contribution >= 4 is 35.3 Å². The van der Waals surface area contributed by atoms with Crippen molar-refractivity contribution in [2.45, 2.75) is 11.2 Å². The molecular weight excluding hydrogens is 364 g/mol. The van der Waals surface area contributed by atoms with Gasteiger partial charge in [-0.05, 0) is 29.8 Å². The van der Waals surface area contributed by atoms with Gasteiger partial charge in [0, 0.05) is 24.7 Å². The smallest absolute Gasteiger partial charge is 0.262 e. The Morgan fingerprint density at radius 3 is 2.63 bits per heavy atom. The normalized spacial score (nSPS) is 14.8. The van der Waals surface area contributed by atoms with E-state index in [0.717, 1.165) is 10.5 Å². The van der Waals surface area contributed by atoms with Crippen molar-refractivity contribution in [1.82, 2.24) is 5.32 Å². The molecule has 2 amide bonds. The number of amides is 2. The number of hydrogen-bond acceptors (Lipinski definition) is 5. The third-order valence-electron chi connectivity index (χ3n) is 3.99. The summed E-state index contributed by atoms with van der Waals surface area (Å²) in [6, 6.07) is 14.9. The number of carbonyl (C=O) groups is 2. The topological polar surface area (TPSA) is 76.7 Å². The molecule has 0 spiro atoms. The molecule has 27 heavy (non-hydrogen) atoms. The predicted molar refractivity (Wildman–Crippen MR) is 105 cm³/mol. The number of nitrogens with one attached hydrogen (secondary N) is 2. The van der Waals surface area contributed by atoms with Crippen molar-refractivity contribution in [3.05, 3.63) is 64.6 Å². The third-order valence-corrected chi connectivity index (χ3v) is 5.09. The van der Waals surface area contributed by atoms with Crippen LogP contribution in [0.5, 0.6) is 0 Å². The average molecular weight is 384 g/mol. The first-order chi connectivity index (χ1) is 13.1. The Morgan fingerprint density at radius 1 is 1.19 bits per heavy atom. The van der Waals surface area contributed by atoms with E-state index < -0.39 is 6.29 Å². The maximum atomic E-state index is 12.4. The van der Waals surface area contributed by atoms with Crippen LogP contribution in [0, 0.1) is 0 Å². The minimum absolute atomic E-state index is 0.187. The van der Waals surface area contributed by atoms with E-state index in [0.29, 0.717) is 16.2 Å². The van der Waals surface area contributed by atoms with E-state index >= 15 is 0 Å². The van der Waals surface area contributed by atoms with Gasteiger partial charge in [-0.3, -0.25) is 9.59 Å². The minimum Gasteiger partial charge on any atom is -0.354 e. The van der Waals surface area contributed by atoms with Gasteiger partial charge in [0.1, 0.15) is 0 Å². The first-order valence-corrected chi connectivity index (χ1v) is 9.16. The molecule has 0 saturated carbocycles. The monoisotopic (exact) mass is 384 g/mol. The van der Waals surface area contributed by atoms with Gasteiger partial charge in [0.25, 0.3) is 11.8 Å². The number of carbonyl (C=O) groups excluding carboxylic acids is 2. The highest BCUT2D eigenvalue weighted by atomic mass is 32.2. The fourth-order valence-corrected chi connectivity index (χ4v) is 3.47. The van der Waals surface area contributed by atoms with Crippen LogP contribution >= 0.6 is 11.8 Å². The second-order valence-electron chi connectivity index (χ2n) is 5.80. The lowest BCUT2D eigenvalue weighted by atomic mass is 10.1. The minimum atomic E-state index is -0.507. The molecule has 2 N–H and O–H groups in total. The van der Waals surface area contributed by atoms with Crippen LogP contribution < -0.4 is 10.6 Å². The van der Waals surface area contributed by atoms with Crippen LogP contribution in [0.2, 0.25) is 0 Å². The number of thioether (sulfide) groups is 1. The molecule has 6 nitrogen and oxygen atoms in total. The van der Waals surface area contributed by atoms with Crippen molar-refractivity contribution in [2.24, 2.45) is 0 Å². The molecule has 3 rings (SSSR count). The number of rotatable bonds is 6. The van der Waals surface area contributed by atoms with Crippen molar-refractivity contribution in [3.8, 4) is 0 Å². The lowest BCUT2D eigenvalue weighted by molar-refractivity contribution is -0.112. The first kappa shape index (κ1) is 19.2. The molecule has 2 aromatic carbocycles. The van der Waals surface area contributed by atoms with E-state index in [1.165, 1.54) is 26.0 Å². The molecule has 0 radical (unpaired) electrons. The third kappa shape index (κ3) is 4.77. The van der Waals surface area contributed by atoms with Crippen LogP contribution in [0.25, 0.3) is 6.08 Å². The molecule has 140 valence electrons. The zero-order valence-electron chi connectivity index (χ0n) is 15.0. The Labute approximate surface area is 161 Å². The van der Waals surface area contributed by atoms with E-state index in [2.05, 4.69) is 10.6 Å². The summed E-state index contributed by atoms with van der Waals surface area (Å²) in [5, 5.41) is 5.60. The van der Waals surface area contributed by atoms with Crippen molar-refractivity contribution in [1.29, 1.82) is 0 Å². The molecule has 1 aliphatic rings. The lowest BCUT2D eigenvalue weighted by Gasteiger charge is -2.20. The Hall–Kier alpha value is -2.61. The van der Waals surface area contributed by atoms with E-state index in [-0.39, 0.29) is 18.4 Å². The van der Waals surface area contributed by atoms with Gasteiger partial charge in [0.15, 0.2) is 6.29 Å². The second kappa shape index (κ2) is 8.85. The molecule has 1 aliphatic heterocycles. The number of methoxy groups -OCH3 is 2. The number of benzene rings is 2. The summed E-state index contributed by atoms with van der Waals surface area (Å²) in [6.07, 6.45) is 1.34. The van der Waals surface area contributed by atoms with Crippen LogP contribution in [-0.4, -0.2) is 38.9 Å². The highest BCUT2D eigenvalue weighted by molar-refractivity contribution is 8.04. The summed E-state index contributed by atoms with van der Waals surface area (Å²) in [5.74, 6) is -0.450. The van der Waals surface area contributed by atoms with Crippen LogP contribution in [0.3, 0.4) is 0 Å². The largest absolute Gasteiger partial charge is 0.354 e. The molecule has 0 fully saturated rings. The fraction of sp³-hybridized carbons (Fsp3) is 0.200. The average Bonchev–Trinajstić information content (AvgIpc) is 2.69. The van der Waals surface area contributed by atoms with Crippen LogP contribution in [0.4, 0.5) is 5.69 Å². The Kier molecular flexibility index (Phi) is 6.28. The van der Waals surface area contributed by atoms with Crippen LogP contribution in [0.15, 0.2) is 58.3 Å². The maximum absolute atomic E-state index is 12.4. The molecule has 2 aromatic rings. The number of ether oxygens (including phenoxy) is 2. The summed E-state index contributed by atoms with van der Waals surface area (Å²) in [5.41, 5.74) is 2.04. The number of hydrogen-bond donors (Lipinski definition) is 2. The molecule has 0 saturated heterocycles. The zero-order chi connectivity index (χ0) is 19.2. The van der Waals surface area contributed by atoms with E-state index in [1.54, 1.807) is 12.1 Å². The molecular formula is C20H20N2O4S. The van der Waals surface area contributed by atoms with Crippen molar-refractivity contribution in [2.75, 3.05) is 26.1 Å². The molecule has 1 heterocycles. The summed E-state index contributed by atoms with van der Waals surface area (Å²) >= 11 is 1.38. The summed E-state index contributed by atoms with van der Waals surface area (Å²) < 4.78 is 10.1. The summed E-state index contributed by atoms with van der Waals surface area (Å²) in [4.78, 5) is 26.2. The molecule has 0 unspecified atom stereocenters. The quantitative estimate of drug-likeness (QED) is 0.591. The van der Waals surface area contributed by atoms with Gasteiger partial charge in [-0.2, -0.15) is 0 Å². The molecule has 0 bridgehead atoms. The van der Waals surface area contributed by atoms with Gasteiger partial charge in [-0.1, -0.05) is 42.1 Å². The van der Waals surface area contributed by atoms with E-state index in [4.69, 9.17) is 9.47 Å². The first-order valence-electron chi connectivity index (χ1n) is 8.34. The highest BCUT2D eigenvalue weighted by Gasteiger charge is 2.22. The Bertz CT molecular complexity index is 864. The molecule has 0 aliphatic carbocycles. The number of fused-ring (bicyclic) bond motifs is 1. The zero-order valence-corrected chi connectivity index (χ0v) is 15.8. The van der Waals surface area contributed by atoms with Crippen LogP contribution in [-0.2, 0) is 14.3 Å². The molecule has 7 heteroatoms. The van der Waals surface area contributed by atoms with Gasteiger partial charge in [0.05, 0.1) is 17.1 Å². The molecule has 0 aromatic heterocycles. The molecule has 0 atom stereocenters. The number of anilines is 1. The highest BCUT2D eigenvalue weighted by Crippen LogP contribution is 2.39. The van der Waals surface area contributed by atoms with Gasteiger partial charge in [0.2, 0.25) is 0 Å². The van der Waals surface area contributed by atoms with Gasteiger partial charge >= 0.3 is 0 Å². The van der Waals surface area contributed by atoms with Gasteiger partial charge < -0.3 is 20.1 Å². The Morgan fingerprint density at radius 2 is 1.93 bits per heavy atom. The predicted octanol–water partition coefficient (Wildman–Crippen LogP) is 3.12. The van der Waals surface area contributed by atoms with E-state index in [9.17, 15) is 9.59 Å². The Balaban J connectivity index is 1.74.